The molecule has 5 heteroatoms. The Hall–Kier alpha value is -1.78. The first-order valence-corrected chi connectivity index (χ1v) is 6.62. The van der Waals surface area contributed by atoms with Gasteiger partial charge in [0.2, 0.25) is 0 Å². The van der Waals surface area contributed by atoms with Gasteiger partial charge in [0.15, 0.2) is 5.92 Å². The number of nitrogens with zero attached hydrogens (tertiary/aromatic N) is 1. The van der Waals surface area contributed by atoms with Crippen LogP contribution in [0.25, 0.3) is 0 Å². The minimum Gasteiger partial charge on any atom is -0.465 e. The number of ether oxygens (including phenoxy) is 2. The molecule has 5 nitrogen and oxygen atoms in total. The molecule has 19 heavy (non-hydrogen) atoms. The third-order valence-corrected chi connectivity index (χ3v) is 3.46. The summed E-state index contributed by atoms with van der Waals surface area (Å²) in [5.41, 5.74) is -0.498. The summed E-state index contributed by atoms with van der Waals surface area (Å²) in [7, 11) is 0. The molecule has 104 valence electrons. The van der Waals surface area contributed by atoms with Gasteiger partial charge in [-0.05, 0) is 38.8 Å². The smallest absolute Gasteiger partial charge is 0.322 e. The van der Waals surface area contributed by atoms with Crippen LogP contribution in [-0.2, 0) is 24.6 Å². The van der Waals surface area contributed by atoms with Crippen molar-refractivity contribution in [3.8, 4) is 0 Å². The van der Waals surface area contributed by atoms with Gasteiger partial charge < -0.3 is 14.0 Å². The molecule has 1 aromatic heterocycles. The molecular weight excluding hydrogens is 246 g/mol. The normalized spacial score (nSPS) is 16.2. The SMILES string of the molecule is CCOC(=O)C(C(=O)OCC)C1(n2cccc2)CC1. The summed E-state index contributed by atoms with van der Waals surface area (Å²) < 4.78 is 12.0. The average molecular weight is 265 g/mol. The molecule has 2 rings (SSSR count). The van der Waals surface area contributed by atoms with Gasteiger partial charge in [-0.3, -0.25) is 9.59 Å². The Morgan fingerprint density at radius 2 is 1.58 bits per heavy atom. The van der Waals surface area contributed by atoms with E-state index in [4.69, 9.17) is 9.47 Å². The maximum atomic E-state index is 12.1. The van der Waals surface area contributed by atoms with Crippen molar-refractivity contribution >= 4 is 11.9 Å². The zero-order valence-corrected chi connectivity index (χ0v) is 11.3. The summed E-state index contributed by atoms with van der Waals surface area (Å²) >= 11 is 0. The van der Waals surface area contributed by atoms with Crippen molar-refractivity contribution in [1.82, 2.24) is 4.57 Å². The number of hydrogen-bond acceptors (Lipinski definition) is 4. The van der Waals surface area contributed by atoms with Gasteiger partial charge in [-0.15, -0.1) is 0 Å². The predicted octanol–water partition coefficient (Wildman–Crippen LogP) is 1.72. The van der Waals surface area contributed by atoms with Crippen molar-refractivity contribution in [1.29, 1.82) is 0 Å². The van der Waals surface area contributed by atoms with Crippen LogP contribution in [-0.4, -0.2) is 29.7 Å². The van der Waals surface area contributed by atoms with Crippen molar-refractivity contribution in [2.45, 2.75) is 32.2 Å². The molecule has 0 saturated heterocycles. The van der Waals surface area contributed by atoms with E-state index in [0.29, 0.717) is 0 Å². The van der Waals surface area contributed by atoms with Crippen LogP contribution in [0.1, 0.15) is 26.7 Å². The Kier molecular flexibility index (Phi) is 3.93. The molecule has 1 heterocycles. The summed E-state index contributed by atoms with van der Waals surface area (Å²) in [4.78, 5) is 24.2. The van der Waals surface area contributed by atoms with Gasteiger partial charge in [0, 0.05) is 12.4 Å². The number of aromatic nitrogens is 1. The van der Waals surface area contributed by atoms with E-state index < -0.39 is 23.4 Å². The fraction of sp³-hybridized carbons (Fsp3) is 0.571. The molecule has 0 unspecified atom stereocenters. The van der Waals surface area contributed by atoms with Crippen molar-refractivity contribution in [3.63, 3.8) is 0 Å². The fourth-order valence-corrected chi connectivity index (χ4v) is 2.44. The zero-order chi connectivity index (χ0) is 13.9. The second-order valence-corrected chi connectivity index (χ2v) is 4.63. The van der Waals surface area contributed by atoms with E-state index in [9.17, 15) is 9.59 Å². The van der Waals surface area contributed by atoms with Crippen LogP contribution in [0.5, 0.6) is 0 Å². The van der Waals surface area contributed by atoms with Crippen LogP contribution in [0.4, 0.5) is 0 Å². The molecule has 0 amide bonds. The Morgan fingerprint density at radius 3 is 1.95 bits per heavy atom. The van der Waals surface area contributed by atoms with Gasteiger partial charge in [-0.25, -0.2) is 0 Å². The Labute approximate surface area is 112 Å². The van der Waals surface area contributed by atoms with Crippen LogP contribution >= 0.6 is 0 Å². The topological polar surface area (TPSA) is 57.5 Å². The van der Waals surface area contributed by atoms with Crippen LogP contribution in [0.2, 0.25) is 0 Å². The van der Waals surface area contributed by atoms with Gasteiger partial charge in [-0.1, -0.05) is 0 Å². The third kappa shape index (κ3) is 2.50. The summed E-state index contributed by atoms with van der Waals surface area (Å²) in [5.74, 6) is -1.86. The Morgan fingerprint density at radius 1 is 1.11 bits per heavy atom. The van der Waals surface area contributed by atoms with Crippen molar-refractivity contribution in [2.24, 2.45) is 5.92 Å². The lowest BCUT2D eigenvalue weighted by Crippen LogP contribution is -2.40. The number of carbonyl (C=O) groups is 2. The first kappa shape index (κ1) is 13.6. The van der Waals surface area contributed by atoms with Crippen molar-refractivity contribution in [2.75, 3.05) is 13.2 Å². The second-order valence-electron chi connectivity index (χ2n) is 4.63. The monoisotopic (exact) mass is 265 g/mol. The van der Waals surface area contributed by atoms with Crippen molar-refractivity contribution in [3.05, 3.63) is 24.5 Å². The standard InChI is InChI=1S/C14H19NO4/c1-3-18-12(16)11(13(17)19-4-2)14(7-8-14)15-9-5-6-10-15/h5-6,9-11H,3-4,7-8H2,1-2H3. The summed E-state index contributed by atoms with van der Waals surface area (Å²) in [6.07, 6.45) is 5.31. The largest absolute Gasteiger partial charge is 0.465 e. The highest BCUT2D eigenvalue weighted by molar-refractivity contribution is 5.96. The highest BCUT2D eigenvalue weighted by Gasteiger charge is 2.58. The molecule has 1 aliphatic carbocycles. The lowest BCUT2D eigenvalue weighted by atomic mass is 9.97. The Bertz CT molecular complexity index is 430. The number of esters is 2. The molecule has 1 fully saturated rings. The predicted molar refractivity (Wildman–Crippen MR) is 68.4 cm³/mol. The highest BCUT2D eigenvalue weighted by atomic mass is 16.6. The van der Waals surface area contributed by atoms with Crippen LogP contribution in [0.3, 0.4) is 0 Å². The minimum atomic E-state index is -0.875. The quantitative estimate of drug-likeness (QED) is 0.580. The molecule has 1 aromatic rings. The highest BCUT2D eigenvalue weighted by Crippen LogP contribution is 2.50. The van der Waals surface area contributed by atoms with E-state index >= 15 is 0 Å². The Balaban J connectivity index is 2.27. The maximum absolute atomic E-state index is 12.1. The van der Waals surface area contributed by atoms with E-state index in [1.165, 1.54) is 0 Å². The molecule has 0 atom stereocenters. The molecule has 1 saturated carbocycles. The van der Waals surface area contributed by atoms with E-state index in [0.717, 1.165) is 12.8 Å². The molecule has 0 N–H and O–H groups in total. The van der Waals surface area contributed by atoms with Crippen molar-refractivity contribution < 1.29 is 19.1 Å². The number of carbonyl (C=O) groups excluding carboxylic acids is 2. The number of rotatable bonds is 6. The average Bonchev–Trinajstić information content (AvgIpc) is 2.96. The summed E-state index contributed by atoms with van der Waals surface area (Å²) in [6, 6.07) is 3.76. The van der Waals surface area contributed by atoms with Gasteiger partial charge in [0.25, 0.3) is 0 Å². The third-order valence-electron chi connectivity index (χ3n) is 3.46. The zero-order valence-electron chi connectivity index (χ0n) is 11.3. The minimum absolute atomic E-state index is 0.260. The van der Waals surface area contributed by atoms with E-state index in [1.54, 1.807) is 13.8 Å². The fourth-order valence-electron chi connectivity index (χ4n) is 2.44. The van der Waals surface area contributed by atoms with Crippen LogP contribution < -0.4 is 0 Å². The molecule has 0 radical (unpaired) electrons. The lowest BCUT2D eigenvalue weighted by molar-refractivity contribution is -0.164. The van der Waals surface area contributed by atoms with E-state index in [2.05, 4.69) is 0 Å². The number of hydrogen-bond donors (Lipinski definition) is 0. The lowest BCUT2D eigenvalue weighted by Gasteiger charge is -2.25. The molecule has 1 aliphatic rings. The molecule has 0 spiro atoms. The molecule has 0 aliphatic heterocycles. The van der Waals surface area contributed by atoms with Gasteiger partial charge in [0.05, 0.1) is 18.8 Å². The molecular formula is C14H19NO4. The van der Waals surface area contributed by atoms with Gasteiger partial charge in [-0.2, -0.15) is 0 Å². The van der Waals surface area contributed by atoms with Crippen LogP contribution in [0.15, 0.2) is 24.5 Å². The summed E-state index contributed by atoms with van der Waals surface area (Å²) in [6.45, 7) is 3.98. The summed E-state index contributed by atoms with van der Waals surface area (Å²) in [5, 5.41) is 0. The first-order valence-electron chi connectivity index (χ1n) is 6.62. The molecule has 0 aromatic carbocycles. The van der Waals surface area contributed by atoms with Gasteiger partial charge >= 0.3 is 11.9 Å². The first-order chi connectivity index (χ1) is 9.15. The van der Waals surface area contributed by atoms with Gasteiger partial charge in [0.1, 0.15) is 0 Å². The van der Waals surface area contributed by atoms with Crippen LogP contribution in [0, 0.1) is 5.92 Å². The van der Waals surface area contributed by atoms with E-state index in [1.807, 2.05) is 29.1 Å². The van der Waals surface area contributed by atoms with E-state index in [-0.39, 0.29) is 13.2 Å². The molecule has 0 bridgehead atoms. The second kappa shape index (κ2) is 5.47. The maximum Gasteiger partial charge on any atom is 0.322 e.